The second-order valence-corrected chi connectivity index (χ2v) is 8.45. The summed E-state index contributed by atoms with van der Waals surface area (Å²) in [4.78, 5) is 39.6. The summed E-state index contributed by atoms with van der Waals surface area (Å²) in [6.45, 7) is 1.47. The molecular formula is C26H26N6O3. The van der Waals surface area contributed by atoms with Crippen molar-refractivity contribution in [1.29, 1.82) is 0 Å². The summed E-state index contributed by atoms with van der Waals surface area (Å²) in [7, 11) is 1.59. The molecule has 1 saturated heterocycles. The lowest BCUT2D eigenvalue weighted by atomic mass is 9.95. The lowest BCUT2D eigenvalue weighted by Crippen LogP contribution is -2.38. The van der Waals surface area contributed by atoms with Gasteiger partial charge >= 0.3 is 0 Å². The number of amides is 2. The fraction of sp³-hybridized carbons (Fsp3) is 0.231. The molecule has 0 aliphatic carbocycles. The fourth-order valence-corrected chi connectivity index (χ4v) is 4.32. The van der Waals surface area contributed by atoms with Gasteiger partial charge in [0.2, 0.25) is 5.91 Å². The second kappa shape index (κ2) is 9.84. The summed E-state index contributed by atoms with van der Waals surface area (Å²) in [6, 6.07) is 16.0. The molecule has 9 heteroatoms. The van der Waals surface area contributed by atoms with E-state index in [9.17, 15) is 9.59 Å². The van der Waals surface area contributed by atoms with E-state index in [1.807, 2.05) is 12.3 Å². The van der Waals surface area contributed by atoms with Crippen molar-refractivity contribution in [2.75, 3.05) is 35.7 Å². The highest BCUT2D eigenvalue weighted by Gasteiger charge is 2.27. The van der Waals surface area contributed by atoms with E-state index in [4.69, 9.17) is 4.74 Å². The predicted molar refractivity (Wildman–Crippen MR) is 135 cm³/mol. The Morgan fingerprint density at radius 2 is 1.80 bits per heavy atom. The van der Waals surface area contributed by atoms with Crippen molar-refractivity contribution < 1.29 is 14.3 Å². The smallest absolute Gasteiger partial charge is 0.255 e. The van der Waals surface area contributed by atoms with Crippen LogP contribution in [0.25, 0.3) is 11.0 Å². The third-order valence-electron chi connectivity index (χ3n) is 6.24. The minimum atomic E-state index is -0.250. The van der Waals surface area contributed by atoms with Gasteiger partial charge in [0, 0.05) is 42.1 Å². The predicted octanol–water partition coefficient (Wildman–Crippen LogP) is 4.07. The highest BCUT2D eigenvalue weighted by atomic mass is 16.5. The van der Waals surface area contributed by atoms with Gasteiger partial charge in [-0.15, -0.1) is 0 Å². The summed E-state index contributed by atoms with van der Waals surface area (Å²) < 4.78 is 5.14. The first-order valence-corrected chi connectivity index (χ1v) is 11.5. The molecule has 3 N–H and O–H groups in total. The zero-order valence-electron chi connectivity index (χ0n) is 19.3. The molecule has 0 bridgehead atoms. The van der Waals surface area contributed by atoms with Gasteiger partial charge in [-0.2, -0.15) is 0 Å². The molecule has 2 aromatic heterocycles. The highest BCUT2D eigenvalue weighted by Crippen LogP contribution is 2.27. The van der Waals surface area contributed by atoms with Gasteiger partial charge in [-0.25, -0.2) is 9.97 Å². The van der Waals surface area contributed by atoms with Crippen LogP contribution in [0.3, 0.4) is 0 Å². The number of benzene rings is 2. The molecule has 1 aliphatic heterocycles. The van der Waals surface area contributed by atoms with Crippen LogP contribution in [0, 0.1) is 5.92 Å². The number of aromatic nitrogens is 3. The van der Waals surface area contributed by atoms with Gasteiger partial charge < -0.3 is 25.3 Å². The molecule has 4 aromatic rings. The van der Waals surface area contributed by atoms with E-state index in [2.05, 4.69) is 30.5 Å². The molecule has 2 aromatic carbocycles. The number of carbonyl (C=O) groups is 2. The van der Waals surface area contributed by atoms with Gasteiger partial charge in [0.1, 0.15) is 23.5 Å². The fourth-order valence-electron chi connectivity index (χ4n) is 4.32. The van der Waals surface area contributed by atoms with E-state index >= 15 is 0 Å². The zero-order valence-corrected chi connectivity index (χ0v) is 19.3. The number of ether oxygens (including phenoxy) is 1. The Kier molecular flexibility index (Phi) is 6.30. The molecule has 0 atom stereocenters. The first-order chi connectivity index (χ1) is 17.1. The number of aromatic amines is 1. The number of fused-ring (bicyclic) bond motifs is 1. The van der Waals surface area contributed by atoms with Gasteiger partial charge in [0.05, 0.1) is 12.5 Å². The summed E-state index contributed by atoms with van der Waals surface area (Å²) in [5.41, 5.74) is 2.54. The van der Waals surface area contributed by atoms with E-state index in [1.54, 1.807) is 62.0 Å². The first-order valence-electron chi connectivity index (χ1n) is 11.5. The number of rotatable bonds is 6. The summed E-state index contributed by atoms with van der Waals surface area (Å²) in [6.07, 6.45) is 4.86. The summed E-state index contributed by atoms with van der Waals surface area (Å²) in [5.74, 6) is 1.22. The van der Waals surface area contributed by atoms with Crippen LogP contribution < -0.4 is 20.3 Å². The van der Waals surface area contributed by atoms with Crippen LogP contribution in [0.1, 0.15) is 23.2 Å². The number of hydrogen-bond donors (Lipinski definition) is 3. The maximum Gasteiger partial charge on any atom is 0.255 e. The maximum absolute atomic E-state index is 12.9. The number of nitrogens with zero attached hydrogens (tertiary/aromatic N) is 3. The molecule has 2 amide bonds. The number of methoxy groups -OCH3 is 1. The molecule has 0 saturated carbocycles. The molecular weight excluding hydrogens is 444 g/mol. The molecule has 1 fully saturated rings. The molecule has 3 heterocycles. The Morgan fingerprint density at radius 3 is 2.57 bits per heavy atom. The van der Waals surface area contributed by atoms with Crippen molar-refractivity contribution in [2.24, 2.45) is 5.92 Å². The number of nitrogens with one attached hydrogen (secondary N) is 3. The SMILES string of the molecule is COc1ccc(NC(=O)c2cccc(NC(=O)C3CCN(c4ncnc5[nH]ccc45)CC3)c2)cc1. The van der Waals surface area contributed by atoms with Crippen LogP contribution in [-0.2, 0) is 4.79 Å². The van der Waals surface area contributed by atoms with E-state index < -0.39 is 0 Å². The molecule has 178 valence electrons. The van der Waals surface area contributed by atoms with Gasteiger partial charge in [-0.05, 0) is 61.4 Å². The van der Waals surface area contributed by atoms with E-state index in [1.165, 1.54) is 0 Å². The van der Waals surface area contributed by atoms with Gasteiger partial charge in [-0.1, -0.05) is 6.07 Å². The number of piperidine rings is 1. The highest BCUT2D eigenvalue weighted by molar-refractivity contribution is 6.05. The van der Waals surface area contributed by atoms with E-state index in [0.717, 1.165) is 42.8 Å². The lowest BCUT2D eigenvalue weighted by Gasteiger charge is -2.32. The number of carbonyl (C=O) groups excluding carboxylic acids is 2. The van der Waals surface area contributed by atoms with Gasteiger partial charge in [0.25, 0.3) is 5.91 Å². The van der Waals surface area contributed by atoms with E-state index in [-0.39, 0.29) is 17.7 Å². The first kappa shape index (κ1) is 22.4. The minimum absolute atomic E-state index is 0.0353. The molecule has 1 aliphatic rings. The average Bonchev–Trinajstić information content (AvgIpc) is 3.38. The van der Waals surface area contributed by atoms with Crippen molar-refractivity contribution in [3.05, 3.63) is 72.7 Å². The summed E-state index contributed by atoms with van der Waals surface area (Å²) >= 11 is 0. The molecule has 35 heavy (non-hydrogen) atoms. The van der Waals surface area contributed by atoms with Crippen LogP contribution in [0.2, 0.25) is 0 Å². The topological polar surface area (TPSA) is 112 Å². The molecule has 0 spiro atoms. The number of hydrogen-bond acceptors (Lipinski definition) is 6. The monoisotopic (exact) mass is 470 g/mol. The van der Waals surface area contributed by atoms with Crippen molar-refractivity contribution in [1.82, 2.24) is 15.0 Å². The van der Waals surface area contributed by atoms with Crippen LogP contribution in [0.4, 0.5) is 17.2 Å². The quantitative estimate of drug-likeness (QED) is 0.392. The Balaban J connectivity index is 1.18. The molecule has 5 rings (SSSR count). The van der Waals surface area contributed by atoms with Crippen LogP contribution in [0.5, 0.6) is 5.75 Å². The van der Waals surface area contributed by atoms with Crippen molar-refractivity contribution >= 4 is 40.0 Å². The maximum atomic E-state index is 12.9. The van der Waals surface area contributed by atoms with Crippen LogP contribution >= 0.6 is 0 Å². The number of H-pyrrole nitrogens is 1. The lowest BCUT2D eigenvalue weighted by molar-refractivity contribution is -0.120. The minimum Gasteiger partial charge on any atom is -0.497 e. The molecule has 0 unspecified atom stereocenters. The number of anilines is 3. The normalized spacial score (nSPS) is 14.0. The Labute approximate surface area is 202 Å². The summed E-state index contributed by atoms with van der Waals surface area (Å²) in [5, 5.41) is 6.83. The third kappa shape index (κ3) is 4.93. The van der Waals surface area contributed by atoms with Gasteiger partial charge in [0.15, 0.2) is 0 Å². The molecule has 0 radical (unpaired) electrons. The van der Waals surface area contributed by atoms with Crippen LogP contribution in [0.15, 0.2) is 67.1 Å². The van der Waals surface area contributed by atoms with E-state index in [0.29, 0.717) is 22.7 Å². The van der Waals surface area contributed by atoms with Crippen molar-refractivity contribution in [2.45, 2.75) is 12.8 Å². The Hall–Kier alpha value is -4.40. The Morgan fingerprint density at radius 1 is 1.00 bits per heavy atom. The molecule has 9 nitrogen and oxygen atoms in total. The standard InChI is InChI=1S/C26H26N6O3/c1-35-21-7-5-19(6-8-21)30-26(34)18-3-2-4-20(15-18)31-25(33)17-10-13-32(14-11-17)24-22-9-12-27-23(22)28-16-29-24/h2-9,12,15-17H,10-11,13-14H2,1H3,(H,30,34)(H,31,33)(H,27,28,29). The van der Waals surface area contributed by atoms with Gasteiger partial charge in [-0.3, -0.25) is 9.59 Å². The van der Waals surface area contributed by atoms with Crippen molar-refractivity contribution in [3.8, 4) is 5.75 Å². The second-order valence-electron chi connectivity index (χ2n) is 8.45. The largest absolute Gasteiger partial charge is 0.497 e. The average molecular weight is 471 g/mol. The van der Waals surface area contributed by atoms with Crippen molar-refractivity contribution in [3.63, 3.8) is 0 Å². The zero-order chi connectivity index (χ0) is 24.2. The Bertz CT molecular complexity index is 1340. The van der Waals surface area contributed by atoms with Crippen LogP contribution in [-0.4, -0.2) is 47.0 Å². The third-order valence-corrected chi connectivity index (χ3v) is 6.24.